The van der Waals surface area contributed by atoms with Gasteiger partial charge < -0.3 is 15.6 Å². The number of fused-ring (bicyclic) bond motifs is 1. The minimum Gasteiger partial charge on any atom is -0.477 e. The van der Waals surface area contributed by atoms with Crippen LogP contribution in [0.5, 0.6) is 0 Å². The maximum atomic E-state index is 12.8. The number of hydrogen-bond acceptors (Lipinski definition) is 10. The molecule has 14 heteroatoms. The maximum Gasteiger partial charge on any atom is 0.352 e. The fourth-order valence-corrected chi connectivity index (χ4v) is 5.66. The predicted molar refractivity (Wildman–Crippen MR) is 114 cm³/mol. The summed E-state index contributed by atoms with van der Waals surface area (Å²) < 4.78 is 1.47. The van der Waals surface area contributed by atoms with Gasteiger partial charge >= 0.3 is 5.97 Å². The number of tetrazole rings is 1. The first-order valence-electron chi connectivity index (χ1n) is 9.26. The highest BCUT2D eigenvalue weighted by Crippen LogP contribution is 2.41. The van der Waals surface area contributed by atoms with Gasteiger partial charge in [-0.1, -0.05) is 47.2 Å². The van der Waals surface area contributed by atoms with E-state index in [1.165, 1.54) is 33.1 Å². The number of nitrogens with one attached hydrogen (secondary N) is 1. The molecule has 12 nitrogen and oxygen atoms in total. The highest BCUT2D eigenvalue weighted by Gasteiger charge is 2.54. The molecule has 4 rings (SSSR count). The van der Waals surface area contributed by atoms with Gasteiger partial charge in [0, 0.05) is 24.1 Å². The molecular weight excluding hydrogens is 458 g/mol. The van der Waals surface area contributed by atoms with E-state index in [2.05, 4.69) is 26.0 Å². The van der Waals surface area contributed by atoms with Crippen LogP contribution in [0.4, 0.5) is 0 Å². The molecule has 1 saturated heterocycles. The smallest absolute Gasteiger partial charge is 0.352 e. The van der Waals surface area contributed by atoms with Crippen LogP contribution in [-0.2, 0) is 21.4 Å². The van der Waals surface area contributed by atoms with E-state index in [1.54, 1.807) is 37.4 Å². The number of hydrogen-bond donors (Lipinski definition) is 3. The number of aliphatic carboxylic acids is 1. The monoisotopic (exact) mass is 475 g/mol. The van der Waals surface area contributed by atoms with Gasteiger partial charge in [0.1, 0.15) is 17.1 Å². The maximum absolute atomic E-state index is 12.8. The Morgan fingerprint density at radius 1 is 1.34 bits per heavy atom. The molecule has 2 aliphatic rings. The van der Waals surface area contributed by atoms with Crippen molar-refractivity contribution in [2.24, 2.45) is 12.2 Å². The SMILES string of the molecule is Cn1nnnc1SCC1=C(C(=O)O)N2C(=O)[C@@H](NC(=O)/C(=N\O)c3ccccc3)[C@H]2SC1. The van der Waals surface area contributed by atoms with Gasteiger partial charge in [0.2, 0.25) is 5.16 Å². The molecular formula is C18H17N7O5S2. The minimum atomic E-state index is -1.22. The van der Waals surface area contributed by atoms with Crippen molar-refractivity contribution in [1.82, 2.24) is 30.4 Å². The number of aryl methyl sites for hydroxylation is 1. The minimum absolute atomic E-state index is 0.0917. The lowest BCUT2D eigenvalue weighted by molar-refractivity contribution is -0.150. The number of thioether (sulfide) groups is 2. The Morgan fingerprint density at radius 3 is 2.72 bits per heavy atom. The largest absolute Gasteiger partial charge is 0.477 e. The van der Waals surface area contributed by atoms with Crippen LogP contribution >= 0.6 is 23.5 Å². The summed E-state index contributed by atoms with van der Waals surface area (Å²) >= 11 is 2.61. The molecule has 0 saturated carbocycles. The molecule has 0 bridgehead atoms. The van der Waals surface area contributed by atoms with Crippen molar-refractivity contribution in [1.29, 1.82) is 0 Å². The van der Waals surface area contributed by atoms with Crippen molar-refractivity contribution in [3.05, 3.63) is 47.2 Å². The van der Waals surface area contributed by atoms with Gasteiger partial charge in [0.05, 0.1) is 0 Å². The fourth-order valence-electron chi connectivity index (χ4n) is 3.33. The zero-order valence-electron chi connectivity index (χ0n) is 16.6. The molecule has 2 amide bonds. The van der Waals surface area contributed by atoms with Gasteiger partial charge in [0.25, 0.3) is 11.8 Å². The molecule has 0 unspecified atom stereocenters. The van der Waals surface area contributed by atoms with E-state index in [0.717, 1.165) is 0 Å². The molecule has 0 spiro atoms. The molecule has 2 aromatic rings. The van der Waals surface area contributed by atoms with E-state index in [1.807, 2.05) is 0 Å². The van der Waals surface area contributed by atoms with Crippen molar-refractivity contribution < 1.29 is 24.7 Å². The number of carbonyl (C=O) groups is 3. The highest BCUT2D eigenvalue weighted by atomic mass is 32.2. The molecule has 0 radical (unpaired) electrons. The summed E-state index contributed by atoms with van der Waals surface area (Å²) in [5.74, 6) is -1.83. The fraction of sp³-hybridized carbons (Fsp3) is 0.278. The second-order valence-corrected chi connectivity index (χ2v) is 8.85. The van der Waals surface area contributed by atoms with Gasteiger partial charge in [-0.25, -0.2) is 9.48 Å². The molecule has 1 fully saturated rings. The summed E-state index contributed by atoms with van der Waals surface area (Å²) in [4.78, 5) is 38.5. The summed E-state index contributed by atoms with van der Waals surface area (Å²) in [5, 5.41) is 35.7. The summed E-state index contributed by atoms with van der Waals surface area (Å²) in [7, 11) is 1.67. The van der Waals surface area contributed by atoms with Crippen LogP contribution in [-0.4, -0.2) is 81.8 Å². The lowest BCUT2D eigenvalue weighted by Crippen LogP contribution is -2.71. The van der Waals surface area contributed by atoms with Crippen LogP contribution in [0.2, 0.25) is 0 Å². The third-order valence-corrected chi connectivity index (χ3v) is 7.29. The van der Waals surface area contributed by atoms with E-state index in [0.29, 0.717) is 27.8 Å². The van der Waals surface area contributed by atoms with Gasteiger partial charge in [-0.05, 0) is 16.0 Å². The molecule has 0 aliphatic carbocycles. The van der Waals surface area contributed by atoms with E-state index in [9.17, 15) is 24.7 Å². The molecule has 1 aromatic carbocycles. The number of carbonyl (C=O) groups excluding carboxylic acids is 2. The Hall–Kier alpha value is -3.39. The third-order valence-electron chi connectivity index (χ3n) is 4.86. The van der Waals surface area contributed by atoms with Crippen molar-refractivity contribution >= 4 is 47.0 Å². The number of β-lactam (4-membered cyclic amide) rings is 1. The summed E-state index contributed by atoms with van der Waals surface area (Å²) in [6, 6.07) is 7.38. The lowest BCUT2D eigenvalue weighted by atomic mass is 10.0. The zero-order chi connectivity index (χ0) is 22.8. The van der Waals surface area contributed by atoms with E-state index in [-0.39, 0.29) is 11.4 Å². The standard InChI is InChI=1S/C18H17N7O5S2/c1-24-18(20-22-23-24)32-8-10-7-31-16-12(15(27)25(16)13(10)17(28)29)19-14(26)11(21-30)9-5-3-2-4-6-9/h2-6,12,16,30H,7-8H2,1H3,(H,19,26)(H,28,29)/b21-11-/t12-,16-/m1/s1. The Kier molecular flexibility index (Phi) is 6.14. The van der Waals surface area contributed by atoms with Crippen LogP contribution in [0.3, 0.4) is 0 Å². The Labute approximate surface area is 189 Å². The van der Waals surface area contributed by atoms with Crippen molar-refractivity contribution in [3.8, 4) is 0 Å². The van der Waals surface area contributed by atoms with E-state index < -0.39 is 29.2 Å². The third kappa shape index (κ3) is 3.93. The van der Waals surface area contributed by atoms with Crippen LogP contribution in [0, 0.1) is 0 Å². The number of amides is 2. The highest BCUT2D eigenvalue weighted by molar-refractivity contribution is 8.01. The first kappa shape index (κ1) is 21.8. The average molecular weight is 476 g/mol. The molecule has 32 heavy (non-hydrogen) atoms. The molecule has 2 atom stereocenters. The van der Waals surface area contributed by atoms with Gasteiger partial charge in [0.15, 0.2) is 5.71 Å². The van der Waals surface area contributed by atoms with Crippen molar-refractivity contribution in [3.63, 3.8) is 0 Å². The molecule has 3 N–H and O–H groups in total. The Morgan fingerprint density at radius 2 is 2.09 bits per heavy atom. The number of carboxylic acids is 1. The van der Waals surface area contributed by atoms with Gasteiger partial charge in [-0.3, -0.25) is 14.5 Å². The molecule has 1 aromatic heterocycles. The average Bonchev–Trinajstić information content (AvgIpc) is 3.21. The normalized spacial score (nSPS) is 20.6. The van der Waals surface area contributed by atoms with Crippen LogP contribution in [0.1, 0.15) is 5.56 Å². The van der Waals surface area contributed by atoms with Crippen LogP contribution < -0.4 is 5.32 Å². The number of aromatic nitrogens is 4. The van der Waals surface area contributed by atoms with E-state index in [4.69, 9.17) is 0 Å². The topological polar surface area (TPSA) is 163 Å². The second kappa shape index (κ2) is 9.00. The molecule has 3 heterocycles. The number of oxime groups is 1. The van der Waals surface area contributed by atoms with Crippen molar-refractivity contribution in [2.75, 3.05) is 11.5 Å². The second-order valence-electron chi connectivity index (χ2n) is 6.81. The number of carboxylic acid groups (broad SMARTS) is 1. The molecule has 166 valence electrons. The Bertz CT molecular complexity index is 1130. The van der Waals surface area contributed by atoms with Gasteiger partial charge in [-0.2, -0.15) is 0 Å². The zero-order valence-corrected chi connectivity index (χ0v) is 18.2. The first-order chi connectivity index (χ1) is 15.4. The summed E-state index contributed by atoms with van der Waals surface area (Å²) in [5.41, 5.74) is 0.620. The number of rotatable bonds is 7. The number of nitrogens with zero attached hydrogens (tertiary/aromatic N) is 6. The number of benzene rings is 1. The first-order valence-corrected chi connectivity index (χ1v) is 11.3. The predicted octanol–water partition coefficient (Wildman–Crippen LogP) is -0.0807. The molecule has 2 aliphatic heterocycles. The van der Waals surface area contributed by atoms with Gasteiger partial charge in [-0.15, -0.1) is 16.9 Å². The summed E-state index contributed by atoms with van der Waals surface area (Å²) in [6.07, 6.45) is 0. The lowest BCUT2D eigenvalue weighted by Gasteiger charge is -2.49. The summed E-state index contributed by atoms with van der Waals surface area (Å²) in [6.45, 7) is 0. The van der Waals surface area contributed by atoms with Crippen molar-refractivity contribution in [2.45, 2.75) is 16.6 Å². The Balaban J connectivity index is 1.49. The quantitative estimate of drug-likeness (QED) is 0.162. The van der Waals surface area contributed by atoms with Crippen LogP contribution in [0.25, 0.3) is 0 Å². The van der Waals surface area contributed by atoms with E-state index >= 15 is 0 Å². The van der Waals surface area contributed by atoms with Crippen LogP contribution in [0.15, 0.2) is 51.9 Å².